The minimum Gasteiger partial charge on any atom is -0.469 e. The Morgan fingerprint density at radius 2 is 2.00 bits per heavy atom. The van der Waals surface area contributed by atoms with Gasteiger partial charge in [-0.15, -0.1) is 0 Å². The van der Waals surface area contributed by atoms with Crippen molar-refractivity contribution in [3.63, 3.8) is 0 Å². The number of carbonyl (C=O) groups is 3. The van der Waals surface area contributed by atoms with E-state index in [0.717, 1.165) is 0 Å². The van der Waals surface area contributed by atoms with E-state index in [4.69, 9.17) is 28.1 Å². The molecule has 0 unspecified atom stereocenters. The Labute approximate surface area is 188 Å². The quantitative estimate of drug-likeness (QED) is 0.296. The molecule has 1 aliphatic carbocycles. The maximum absolute atomic E-state index is 12.9. The molecule has 0 amide bonds. The third kappa shape index (κ3) is 2.57. The van der Waals surface area contributed by atoms with Crippen LogP contribution in [-0.4, -0.2) is 66.7 Å². The largest absolute Gasteiger partial charge is 0.469 e. The third-order valence-electron chi connectivity index (χ3n) is 7.96. The lowest BCUT2D eigenvalue weighted by atomic mass is 9.61. The number of methoxy groups -OCH3 is 2. The summed E-state index contributed by atoms with van der Waals surface area (Å²) in [5.74, 6) is -3.25. The molecule has 1 N–H and O–H groups in total. The molecule has 1 saturated carbocycles. The number of ether oxygens (including phenoxy) is 5. The van der Waals surface area contributed by atoms with Crippen LogP contribution in [0.5, 0.6) is 0 Å². The Hall–Kier alpha value is -2.69. The fourth-order valence-electron chi connectivity index (χ4n) is 6.02. The van der Waals surface area contributed by atoms with Gasteiger partial charge in [0.15, 0.2) is 0 Å². The molecule has 3 saturated heterocycles. The van der Waals surface area contributed by atoms with Crippen molar-refractivity contribution in [1.82, 2.24) is 0 Å². The molecule has 4 aliphatic heterocycles. The van der Waals surface area contributed by atoms with Crippen molar-refractivity contribution in [3.05, 3.63) is 35.3 Å². The highest BCUT2D eigenvalue weighted by Crippen LogP contribution is 2.62. The zero-order valence-electron chi connectivity index (χ0n) is 18.4. The van der Waals surface area contributed by atoms with Gasteiger partial charge in [0.1, 0.15) is 46.9 Å². The van der Waals surface area contributed by atoms with Gasteiger partial charge in [-0.05, 0) is 30.9 Å². The Morgan fingerprint density at radius 1 is 1.24 bits per heavy atom. The summed E-state index contributed by atoms with van der Waals surface area (Å²) in [5.41, 5.74) is -1.49. The lowest BCUT2D eigenvalue weighted by Gasteiger charge is -2.44. The summed E-state index contributed by atoms with van der Waals surface area (Å²) < 4.78 is 33.5. The van der Waals surface area contributed by atoms with E-state index in [1.807, 2.05) is 6.92 Å². The van der Waals surface area contributed by atoms with E-state index < -0.39 is 71.3 Å². The van der Waals surface area contributed by atoms with Crippen LogP contribution in [0.25, 0.3) is 0 Å². The number of aliphatic hydroxyl groups excluding tert-OH is 1. The molecule has 33 heavy (non-hydrogen) atoms. The van der Waals surface area contributed by atoms with Crippen molar-refractivity contribution >= 4 is 17.9 Å². The summed E-state index contributed by atoms with van der Waals surface area (Å²) in [6.45, 7) is 5.82. The van der Waals surface area contributed by atoms with E-state index in [-0.39, 0.29) is 17.7 Å². The van der Waals surface area contributed by atoms with Crippen LogP contribution in [0.2, 0.25) is 0 Å². The number of furan rings is 1. The van der Waals surface area contributed by atoms with Crippen LogP contribution in [0.1, 0.15) is 53.7 Å². The molecular formula is C23H24O10. The van der Waals surface area contributed by atoms with Crippen molar-refractivity contribution < 1.29 is 47.6 Å². The summed E-state index contributed by atoms with van der Waals surface area (Å²) in [5, 5.41) is 10.8. The first-order valence-electron chi connectivity index (χ1n) is 10.9. The predicted molar refractivity (Wildman–Crippen MR) is 106 cm³/mol. The van der Waals surface area contributed by atoms with Crippen LogP contribution in [0.15, 0.2) is 22.6 Å². The van der Waals surface area contributed by atoms with Gasteiger partial charge in [-0.3, -0.25) is 4.79 Å². The van der Waals surface area contributed by atoms with E-state index in [1.54, 1.807) is 6.07 Å². The highest BCUT2D eigenvalue weighted by Gasteiger charge is 2.79. The standard InChI is InChI=1S/C23H24O10/c1-8-9-5-11(20(26)29-4)23-18(33-23)13(31-21(23)27)7-22(2)17(32-22)12-6-10(19(25)28-3)16(30-12)14(9)15(8)24/h6,9,11,13-15,17-18,24H,1,5,7H2,2-4H3/t9-,11-,13-,14+,15-,17+,18-,22+,23-/m0/s1. The molecule has 4 fully saturated rings. The summed E-state index contributed by atoms with van der Waals surface area (Å²) in [6.07, 6.45) is -2.22. The number of hydrogen-bond acceptors (Lipinski definition) is 10. The first kappa shape index (κ1) is 20.9. The smallest absolute Gasteiger partial charge is 0.342 e. The van der Waals surface area contributed by atoms with E-state index in [9.17, 15) is 19.5 Å². The maximum Gasteiger partial charge on any atom is 0.342 e. The average Bonchev–Trinajstić information content (AvgIpc) is 3.62. The molecule has 1 aromatic heterocycles. The predicted octanol–water partition coefficient (Wildman–Crippen LogP) is 1.17. The zero-order chi connectivity index (χ0) is 23.4. The monoisotopic (exact) mass is 460 g/mol. The molecule has 0 radical (unpaired) electrons. The van der Waals surface area contributed by atoms with Gasteiger partial charge in [0, 0.05) is 6.42 Å². The van der Waals surface area contributed by atoms with Crippen LogP contribution in [0.3, 0.4) is 0 Å². The van der Waals surface area contributed by atoms with Crippen LogP contribution in [0.4, 0.5) is 0 Å². The summed E-state index contributed by atoms with van der Waals surface area (Å²) in [4.78, 5) is 38.3. The molecule has 5 heterocycles. The molecular weight excluding hydrogens is 436 g/mol. The SMILES string of the molecule is C=C1[C@H](O)[C@@H]2c3oc(cc3C(=O)OC)[C@H]3O[C@]3(C)C[C@@H]3OC(=O)[C@]4(O[C@@H]34)[C@H](C(=O)OC)C[C@@H]12. The average molecular weight is 460 g/mol. The van der Waals surface area contributed by atoms with E-state index >= 15 is 0 Å². The molecule has 10 nitrogen and oxygen atoms in total. The minimum atomic E-state index is -1.43. The lowest BCUT2D eigenvalue weighted by molar-refractivity contribution is -0.164. The molecule has 1 aromatic rings. The molecule has 9 atom stereocenters. The number of aliphatic hydroxyl groups is 1. The number of epoxide rings is 2. The van der Waals surface area contributed by atoms with Crippen LogP contribution >= 0.6 is 0 Å². The molecule has 0 aromatic carbocycles. The number of esters is 3. The van der Waals surface area contributed by atoms with E-state index in [1.165, 1.54) is 14.2 Å². The second-order valence-corrected chi connectivity index (χ2v) is 9.67. The summed E-state index contributed by atoms with van der Waals surface area (Å²) in [7, 11) is 2.51. The second kappa shape index (κ2) is 6.46. The van der Waals surface area contributed by atoms with Gasteiger partial charge in [-0.2, -0.15) is 0 Å². The normalized spacial score (nSPS) is 44.4. The Balaban J connectivity index is 1.48. The highest BCUT2D eigenvalue weighted by molar-refractivity contribution is 5.93. The van der Waals surface area contributed by atoms with Gasteiger partial charge >= 0.3 is 17.9 Å². The zero-order valence-corrected chi connectivity index (χ0v) is 18.4. The number of carbonyl (C=O) groups excluding carboxylic acids is 3. The van der Waals surface area contributed by atoms with Gasteiger partial charge < -0.3 is 33.2 Å². The van der Waals surface area contributed by atoms with Gasteiger partial charge in [0.05, 0.1) is 26.2 Å². The van der Waals surface area contributed by atoms with Gasteiger partial charge in [0.25, 0.3) is 0 Å². The van der Waals surface area contributed by atoms with Crippen molar-refractivity contribution in [3.8, 4) is 0 Å². The van der Waals surface area contributed by atoms with Crippen LogP contribution in [-0.2, 0) is 33.3 Å². The fraction of sp³-hybridized carbons (Fsp3) is 0.609. The Bertz CT molecular complexity index is 1100. The van der Waals surface area contributed by atoms with Gasteiger partial charge in [-0.25, -0.2) is 9.59 Å². The first-order valence-corrected chi connectivity index (χ1v) is 10.9. The van der Waals surface area contributed by atoms with Crippen molar-refractivity contribution in [2.45, 2.75) is 61.3 Å². The first-order chi connectivity index (χ1) is 15.7. The highest BCUT2D eigenvalue weighted by atomic mass is 16.7. The van der Waals surface area contributed by atoms with Crippen LogP contribution in [0, 0.1) is 11.8 Å². The van der Waals surface area contributed by atoms with Gasteiger partial charge in [-0.1, -0.05) is 6.58 Å². The maximum atomic E-state index is 12.9. The third-order valence-corrected chi connectivity index (χ3v) is 7.96. The molecule has 5 aliphatic rings. The van der Waals surface area contributed by atoms with E-state index in [0.29, 0.717) is 17.8 Å². The molecule has 0 spiro atoms. The number of rotatable bonds is 2. The molecule has 6 rings (SSSR count). The second-order valence-electron chi connectivity index (χ2n) is 9.67. The van der Waals surface area contributed by atoms with Crippen molar-refractivity contribution in [2.75, 3.05) is 14.2 Å². The Kier molecular flexibility index (Phi) is 4.09. The van der Waals surface area contributed by atoms with Crippen molar-refractivity contribution in [1.29, 1.82) is 0 Å². The van der Waals surface area contributed by atoms with E-state index in [2.05, 4.69) is 6.58 Å². The molecule has 4 bridgehead atoms. The Morgan fingerprint density at radius 3 is 2.67 bits per heavy atom. The molecule has 10 heteroatoms. The number of fused-ring (bicyclic) bond motifs is 6. The number of hydrogen-bond donors (Lipinski definition) is 1. The van der Waals surface area contributed by atoms with Gasteiger partial charge in [0.2, 0.25) is 5.60 Å². The lowest BCUT2D eigenvalue weighted by Crippen LogP contribution is -2.47. The topological polar surface area (TPSA) is 137 Å². The van der Waals surface area contributed by atoms with Crippen molar-refractivity contribution in [2.24, 2.45) is 11.8 Å². The molecule has 176 valence electrons. The fourth-order valence-corrected chi connectivity index (χ4v) is 6.02. The van der Waals surface area contributed by atoms with Crippen LogP contribution < -0.4 is 0 Å². The summed E-state index contributed by atoms with van der Waals surface area (Å²) in [6, 6.07) is 1.57. The minimum absolute atomic E-state index is 0.111. The summed E-state index contributed by atoms with van der Waals surface area (Å²) >= 11 is 0.